The number of aromatic nitrogens is 3. The second-order valence-electron chi connectivity index (χ2n) is 6.87. The molecule has 1 fully saturated rings. The highest BCUT2D eigenvalue weighted by atomic mass is 32.1. The van der Waals surface area contributed by atoms with Gasteiger partial charge in [-0.2, -0.15) is 5.10 Å². The molecule has 0 aliphatic carbocycles. The average molecular weight is 418 g/mol. The molecule has 3 aromatic rings. The summed E-state index contributed by atoms with van der Waals surface area (Å²) in [4.78, 5) is 38.1. The molecule has 11 heteroatoms. The Balaban J connectivity index is 1.66. The van der Waals surface area contributed by atoms with Crippen molar-refractivity contribution in [1.82, 2.24) is 19.7 Å². The van der Waals surface area contributed by atoms with Gasteiger partial charge in [0.25, 0.3) is 5.56 Å². The van der Waals surface area contributed by atoms with Gasteiger partial charge >= 0.3 is 5.97 Å². The Labute approximate surface area is 167 Å². The summed E-state index contributed by atoms with van der Waals surface area (Å²) < 4.78 is 1.56. The minimum Gasteiger partial charge on any atom is -0.502 e. The molecule has 4 heterocycles. The van der Waals surface area contributed by atoms with Crippen molar-refractivity contribution >= 4 is 33.4 Å². The summed E-state index contributed by atoms with van der Waals surface area (Å²) in [7, 11) is 0. The van der Waals surface area contributed by atoms with Gasteiger partial charge in [-0.1, -0.05) is 0 Å². The van der Waals surface area contributed by atoms with E-state index in [1.165, 1.54) is 4.57 Å². The van der Waals surface area contributed by atoms with E-state index in [1.54, 1.807) is 22.5 Å². The van der Waals surface area contributed by atoms with Crippen molar-refractivity contribution in [2.24, 2.45) is 0 Å². The van der Waals surface area contributed by atoms with Crippen molar-refractivity contribution in [2.45, 2.75) is 25.5 Å². The van der Waals surface area contributed by atoms with Crippen LogP contribution in [-0.4, -0.2) is 66.1 Å². The highest BCUT2D eigenvalue weighted by molar-refractivity contribution is 7.17. The van der Waals surface area contributed by atoms with Crippen molar-refractivity contribution in [3.8, 4) is 5.75 Å². The molecule has 0 unspecified atom stereocenters. The van der Waals surface area contributed by atoms with Crippen LogP contribution in [0.3, 0.4) is 0 Å². The smallest absolute Gasteiger partial charge is 0.341 e. The highest BCUT2D eigenvalue weighted by Gasteiger charge is 2.26. The topological polar surface area (TPSA) is 149 Å². The van der Waals surface area contributed by atoms with Gasteiger partial charge in [0, 0.05) is 24.8 Å². The van der Waals surface area contributed by atoms with Crippen molar-refractivity contribution in [3.63, 3.8) is 0 Å². The van der Waals surface area contributed by atoms with Crippen LogP contribution >= 0.6 is 11.3 Å². The molecule has 1 aliphatic rings. The lowest BCUT2D eigenvalue weighted by Crippen LogP contribution is -2.31. The van der Waals surface area contributed by atoms with E-state index < -0.39 is 28.9 Å². The van der Waals surface area contributed by atoms with Gasteiger partial charge in [0.05, 0.1) is 35.0 Å². The third-order valence-corrected chi connectivity index (χ3v) is 5.95. The summed E-state index contributed by atoms with van der Waals surface area (Å²) in [6.07, 6.45) is 1.60. The molecule has 1 saturated heterocycles. The number of carboxylic acid groups (broad SMARTS) is 1. The van der Waals surface area contributed by atoms with Crippen molar-refractivity contribution in [2.75, 3.05) is 13.1 Å². The van der Waals surface area contributed by atoms with E-state index in [0.717, 1.165) is 11.3 Å². The molecular formula is C18H18N4O6S. The van der Waals surface area contributed by atoms with Crippen LogP contribution in [0.15, 0.2) is 22.4 Å². The molecular weight excluding hydrogens is 400 g/mol. The molecule has 10 nitrogen and oxygen atoms in total. The van der Waals surface area contributed by atoms with Crippen molar-refractivity contribution < 1.29 is 24.9 Å². The monoisotopic (exact) mass is 418 g/mol. The summed E-state index contributed by atoms with van der Waals surface area (Å²) in [5.74, 6) is -2.37. The van der Waals surface area contributed by atoms with Gasteiger partial charge in [0.15, 0.2) is 5.75 Å². The maximum atomic E-state index is 12.6. The van der Waals surface area contributed by atoms with Gasteiger partial charge in [-0.3, -0.25) is 19.3 Å². The van der Waals surface area contributed by atoms with Gasteiger partial charge in [0.2, 0.25) is 5.91 Å². The van der Waals surface area contributed by atoms with Gasteiger partial charge in [-0.15, -0.1) is 11.3 Å². The number of H-pyrrole nitrogens is 1. The van der Waals surface area contributed by atoms with E-state index >= 15 is 0 Å². The first kappa shape index (κ1) is 19.2. The number of aromatic hydroxyl groups is 1. The minimum absolute atomic E-state index is 0.00623. The molecule has 1 amide bonds. The minimum atomic E-state index is -1.37. The second-order valence-corrected chi connectivity index (χ2v) is 7.79. The zero-order valence-corrected chi connectivity index (χ0v) is 16.0. The van der Waals surface area contributed by atoms with Crippen LogP contribution in [0.4, 0.5) is 0 Å². The first-order chi connectivity index (χ1) is 13.9. The number of thiophene rings is 1. The predicted molar refractivity (Wildman–Crippen MR) is 103 cm³/mol. The van der Waals surface area contributed by atoms with Crippen molar-refractivity contribution in [3.05, 3.63) is 44.8 Å². The number of nitrogens with zero attached hydrogens (tertiary/aromatic N) is 3. The summed E-state index contributed by atoms with van der Waals surface area (Å²) in [5, 5.41) is 37.5. The molecule has 152 valence electrons. The lowest BCUT2D eigenvalue weighted by atomic mass is 10.1. The number of aromatic carboxylic acids is 1. The number of carboxylic acids is 1. The number of hydrogen-bond acceptors (Lipinski definition) is 7. The SMILES string of the molecule is O=C(O)c1c(O)c(=O)n(Cc2c[nH]nc2CC(=O)N2CC[C@@H](O)C2)c2ccsc12. The number of rotatable bonds is 5. The van der Waals surface area contributed by atoms with E-state index in [-0.39, 0.29) is 25.4 Å². The fourth-order valence-corrected chi connectivity index (χ4v) is 4.47. The molecule has 1 aliphatic heterocycles. The molecule has 0 spiro atoms. The Morgan fingerprint density at radius 1 is 1.38 bits per heavy atom. The number of nitrogens with one attached hydrogen (secondary N) is 1. The Kier molecular flexibility index (Phi) is 4.84. The fourth-order valence-electron chi connectivity index (χ4n) is 3.54. The van der Waals surface area contributed by atoms with Crippen molar-refractivity contribution in [1.29, 1.82) is 0 Å². The maximum absolute atomic E-state index is 12.6. The number of likely N-dealkylation sites (tertiary alicyclic amines) is 1. The Morgan fingerprint density at radius 3 is 2.86 bits per heavy atom. The molecule has 0 aromatic carbocycles. The number of aliphatic hydroxyl groups excluding tert-OH is 1. The van der Waals surface area contributed by atoms with Crippen LogP contribution < -0.4 is 5.56 Å². The zero-order chi connectivity index (χ0) is 20.7. The first-order valence-corrected chi connectivity index (χ1v) is 9.78. The molecule has 4 rings (SSSR count). The number of carbonyl (C=O) groups excluding carboxylic acids is 1. The first-order valence-electron chi connectivity index (χ1n) is 8.90. The van der Waals surface area contributed by atoms with Crippen LogP contribution in [0.2, 0.25) is 0 Å². The van der Waals surface area contributed by atoms with Crippen LogP contribution in [0.5, 0.6) is 5.75 Å². The third kappa shape index (κ3) is 3.38. The van der Waals surface area contributed by atoms with Crippen LogP contribution in [0, 0.1) is 0 Å². The molecule has 4 N–H and O–H groups in total. The van der Waals surface area contributed by atoms with Crippen LogP contribution in [0.1, 0.15) is 28.0 Å². The molecule has 0 radical (unpaired) electrons. The number of amides is 1. The normalized spacial score (nSPS) is 16.6. The number of fused-ring (bicyclic) bond motifs is 1. The number of aliphatic hydroxyl groups is 1. The summed E-state index contributed by atoms with van der Waals surface area (Å²) >= 11 is 1.12. The largest absolute Gasteiger partial charge is 0.502 e. The van der Waals surface area contributed by atoms with E-state index in [9.17, 15) is 29.7 Å². The third-order valence-electron chi connectivity index (χ3n) is 5.03. The molecule has 0 bridgehead atoms. The van der Waals surface area contributed by atoms with E-state index in [2.05, 4.69) is 10.2 Å². The number of carbonyl (C=O) groups is 2. The molecule has 1 atom stereocenters. The number of β-amino-alcohol motifs (C(OH)–C–C–N with tert-alkyl or cyclic N) is 1. The summed E-state index contributed by atoms with van der Waals surface area (Å²) in [5.41, 5.74) is 0.181. The maximum Gasteiger partial charge on any atom is 0.341 e. The van der Waals surface area contributed by atoms with Gasteiger partial charge in [-0.25, -0.2) is 4.79 Å². The molecule has 29 heavy (non-hydrogen) atoms. The van der Waals surface area contributed by atoms with Gasteiger partial charge < -0.3 is 20.2 Å². The standard InChI is InChI=1S/C18H18N4O6S/c23-10-1-3-21(8-10)13(24)5-11-9(6-19-20-11)7-22-12-2-4-29-16(12)14(18(27)28)15(25)17(22)26/h2,4,6,10,23,25H,1,3,5,7-8H2,(H,19,20)(H,27,28)/t10-/m1/s1. The average Bonchev–Trinajstić information content (AvgIpc) is 3.40. The van der Waals surface area contributed by atoms with Gasteiger partial charge in [-0.05, 0) is 17.9 Å². The fraction of sp³-hybridized carbons (Fsp3) is 0.333. The van der Waals surface area contributed by atoms with Crippen LogP contribution in [-0.2, 0) is 17.8 Å². The highest BCUT2D eigenvalue weighted by Crippen LogP contribution is 2.29. The Hall–Kier alpha value is -3.18. The van der Waals surface area contributed by atoms with Crippen LogP contribution in [0.25, 0.3) is 10.2 Å². The van der Waals surface area contributed by atoms with E-state index in [1.807, 2.05) is 0 Å². The number of aromatic amines is 1. The lowest BCUT2D eigenvalue weighted by molar-refractivity contribution is -0.129. The number of hydrogen-bond donors (Lipinski definition) is 4. The predicted octanol–water partition coefficient (Wildman–Crippen LogP) is 0.374. The molecule has 0 saturated carbocycles. The second kappa shape index (κ2) is 7.33. The Bertz CT molecular complexity index is 1160. The molecule has 3 aromatic heterocycles. The summed E-state index contributed by atoms with van der Waals surface area (Å²) in [6, 6.07) is 1.61. The van der Waals surface area contributed by atoms with E-state index in [4.69, 9.17) is 0 Å². The summed E-state index contributed by atoms with van der Waals surface area (Å²) in [6.45, 7) is 0.790. The number of pyridine rings is 1. The zero-order valence-electron chi connectivity index (χ0n) is 15.2. The Morgan fingerprint density at radius 2 is 2.17 bits per heavy atom. The van der Waals surface area contributed by atoms with Gasteiger partial charge in [0.1, 0.15) is 5.56 Å². The quantitative estimate of drug-likeness (QED) is 0.468. The lowest BCUT2D eigenvalue weighted by Gasteiger charge is -2.15. The van der Waals surface area contributed by atoms with E-state index in [0.29, 0.717) is 34.4 Å².